The van der Waals surface area contributed by atoms with Gasteiger partial charge in [-0.15, -0.1) is 23.7 Å². The van der Waals surface area contributed by atoms with Gasteiger partial charge in [-0.1, -0.05) is 0 Å². The molecule has 26 heavy (non-hydrogen) atoms. The smallest absolute Gasteiger partial charge is 0.140 e. The molecule has 1 aromatic carbocycles. The predicted octanol–water partition coefficient (Wildman–Crippen LogP) is 4.10. The van der Waals surface area contributed by atoms with Gasteiger partial charge in [-0.3, -0.25) is 4.90 Å². The van der Waals surface area contributed by atoms with E-state index in [1.54, 1.807) is 23.5 Å². The van der Waals surface area contributed by atoms with Gasteiger partial charge in [0.05, 0.1) is 5.69 Å². The zero-order chi connectivity index (χ0) is 17.5. The van der Waals surface area contributed by atoms with E-state index in [4.69, 9.17) is 4.74 Å². The maximum atomic E-state index is 12.9. The number of aromatic nitrogens is 1. The van der Waals surface area contributed by atoms with Crippen LogP contribution >= 0.6 is 23.7 Å². The SMILES string of the molecule is CNCCC1CCN(Cc2csc(COc3ccc(F)cc3)n2)CC1.Cl. The molecule has 1 aliphatic rings. The van der Waals surface area contributed by atoms with E-state index in [-0.39, 0.29) is 18.2 Å². The van der Waals surface area contributed by atoms with Crippen LogP contribution in [-0.4, -0.2) is 36.6 Å². The fourth-order valence-corrected chi connectivity index (χ4v) is 3.87. The van der Waals surface area contributed by atoms with E-state index in [0.29, 0.717) is 12.4 Å². The lowest BCUT2D eigenvalue weighted by Gasteiger charge is -2.31. The Balaban J connectivity index is 0.00000243. The molecule has 0 bridgehead atoms. The number of halogens is 2. The van der Waals surface area contributed by atoms with Crippen molar-refractivity contribution in [2.75, 3.05) is 26.7 Å². The summed E-state index contributed by atoms with van der Waals surface area (Å²) in [5.74, 6) is 1.28. The lowest BCUT2D eigenvalue weighted by molar-refractivity contribution is 0.171. The number of benzene rings is 1. The van der Waals surface area contributed by atoms with Crippen molar-refractivity contribution in [1.29, 1.82) is 0 Å². The lowest BCUT2D eigenvalue weighted by Crippen LogP contribution is -2.34. The third-order valence-corrected chi connectivity index (χ3v) is 5.54. The number of hydrogen-bond donors (Lipinski definition) is 1. The summed E-state index contributed by atoms with van der Waals surface area (Å²) in [5, 5.41) is 6.33. The molecule has 144 valence electrons. The molecule has 3 rings (SSSR count). The van der Waals surface area contributed by atoms with Gasteiger partial charge in [0.1, 0.15) is 23.2 Å². The van der Waals surface area contributed by atoms with Gasteiger partial charge in [0, 0.05) is 11.9 Å². The molecule has 0 spiro atoms. The second-order valence-electron chi connectivity index (χ2n) is 6.59. The van der Waals surface area contributed by atoms with Crippen molar-refractivity contribution < 1.29 is 9.13 Å². The fourth-order valence-electron chi connectivity index (χ4n) is 3.17. The van der Waals surface area contributed by atoms with Crippen LogP contribution in [0.1, 0.15) is 30.0 Å². The number of nitrogens with zero attached hydrogens (tertiary/aromatic N) is 2. The van der Waals surface area contributed by atoms with Crippen LogP contribution < -0.4 is 10.1 Å². The van der Waals surface area contributed by atoms with Crippen molar-refractivity contribution in [3.8, 4) is 5.75 Å². The minimum atomic E-state index is -0.251. The van der Waals surface area contributed by atoms with Crippen LogP contribution in [0.15, 0.2) is 29.6 Å². The molecule has 2 aromatic rings. The standard InChI is InChI=1S/C19H26FN3OS.ClH/c1-21-9-6-15-7-10-23(11-8-15)12-17-14-25-19(22-17)13-24-18-4-2-16(20)3-5-18;/h2-5,14-15,21H,6-13H2,1H3;1H. The zero-order valence-electron chi connectivity index (χ0n) is 15.1. The second-order valence-corrected chi connectivity index (χ2v) is 7.53. The lowest BCUT2D eigenvalue weighted by atomic mass is 9.93. The first-order valence-corrected chi connectivity index (χ1v) is 9.79. The van der Waals surface area contributed by atoms with Gasteiger partial charge in [0.2, 0.25) is 0 Å². The van der Waals surface area contributed by atoms with Crippen LogP contribution in [0.2, 0.25) is 0 Å². The van der Waals surface area contributed by atoms with Gasteiger partial charge in [0.15, 0.2) is 0 Å². The van der Waals surface area contributed by atoms with E-state index < -0.39 is 0 Å². The summed E-state index contributed by atoms with van der Waals surface area (Å²) in [6, 6.07) is 6.09. The van der Waals surface area contributed by atoms with Crippen LogP contribution in [0.3, 0.4) is 0 Å². The highest BCUT2D eigenvalue weighted by Gasteiger charge is 2.19. The minimum Gasteiger partial charge on any atom is -0.486 e. The topological polar surface area (TPSA) is 37.4 Å². The second kappa shape index (κ2) is 10.8. The third-order valence-electron chi connectivity index (χ3n) is 4.67. The number of piperidine rings is 1. The van der Waals surface area contributed by atoms with Gasteiger partial charge in [-0.2, -0.15) is 0 Å². The van der Waals surface area contributed by atoms with Crippen molar-refractivity contribution in [3.05, 3.63) is 46.2 Å². The Morgan fingerprint density at radius 1 is 1.27 bits per heavy atom. The molecule has 7 heteroatoms. The Bertz CT molecular complexity index is 644. The zero-order valence-corrected chi connectivity index (χ0v) is 16.8. The molecule has 0 unspecified atom stereocenters. The van der Waals surface area contributed by atoms with Crippen molar-refractivity contribution >= 4 is 23.7 Å². The molecule has 0 atom stereocenters. The Morgan fingerprint density at radius 2 is 2.00 bits per heavy atom. The molecule has 0 aliphatic carbocycles. The summed E-state index contributed by atoms with van der Waals surface area (Å²) in [4.78, 5) is 7.17. The summed E-state index contributed by atoms with van der Waals surface area (Å²) in [6.07, 6.45) is 3.85. The Hall–Kier alpha value is -1.21. The van der Waals surface area contributed by atoms with Crippen LogP contribution in [-0.2, 0) is 13.2 Å². The predicted molar refractivity (Wildman–Crippen MR) is 107 cm³/mol. The average molecular weight is 400 g/mol. The van der Waals surface area contributed by atoms with Gasteiger partial charge < -0.3 is 10.1 Å². The monoisotopic (exact) mass is 399 g/mol. The minimum absolute atomic E-state index is 0. The van der Waals surface area contributed by atoms with Crippen molar-refractivity contribution in [2.24, 2.45) is 5.92 Å². The average Bonchev–Trinajstić information content (AvgIpc) is 3.08. The summed E-state index contributed by atoms with van der Waals surface area (Å²) >= 11 is 1.63. The number of rotatable bonds is 8. The van der Waals surface area contributed by atoms with Crippen molar-refractivity contribution in [3.63, 3.8) is 0 Å². The van der Waals surface area contributed by atoms with E-state index in [1.165, 1.54) is 31.4 Å². The number of thiazole rings is 1. The van der Waals surface area contributed by atoms with Gasteiger partial charge in [-0.05, 0) is 76.1 Å². The molecule has 4 nitrogen and oxygen atoms in total. The highest BCUT2D eigenvalue weighted by molar-refractivity contribution is 7.09. The normalized spacial score (nSPS) is 15.6. The molecular weight excluding hydrogens is 373 g/mol. The molecule has 0 radical (unpaired) electrons. The van der Waals surface area contributed by atoms with Crippen LogP contribution in [0, 0.1) is 11.7 Å². The molecular formula is C19H27ClFN3OS. The van der Waals surface area contributed by atoms with Crippen LogP contribution in [0.5, 0.6) is 5.75 Å². The van der Waals surface area contributed by atoms with Gasteiger partial charge in [0.25, 0.3) is 0 Å². The van der Waals surface area contributed by atoms with Gasteiger partial charge in [-0.25, -0.2) is 9.37 Å². The summed E-state index contributed by atoms with van der Waals surface area (Å²) in [5.41, 5.74) is 1.12. The van der Waals surface area contributed by atoms with E-state index in [1.807, 2.05) is 7.05 Å². The van der Waals surface area contributed by atoms with E-state index in [9.17, 15) is 4.39 Å². The Labute approximate surface area is 165 Å². The fraction of sp³-hybridized carbons (Fsp3) is 0.526. The largest absolute Gasteiger partial charge is 0.486 e. The first-order valence-electron chi connectivity index (χ1n) is 8.91. The molecule has 1 aliphatic heterocycles. The summed E-state index contributed by atoms with van der Waals surface area (Å²) < 4.78 is 18.6. The highest BCUT2D eigenvalue weighted by atomic mass is 35.5. The Morgan fingerprint density at radius 3 is 2.69 bits per heavy atom. The van der Waals surface area contributed by atoms with E-state index in [0.717, 1.165) is 42.8 Å². The van der Waals surface area contributed by atoms with Gasteiger partial charge >= 0.3 is 0 Å². The number of hydrogen-bond acceptors (Lipinski definition) is 5. The number of nitrogens with one attached hydrogen (secondary N) is 1. The molecule has 1 aromatic heterocycles. The van der Waals surface area contributed by atoms with Crippen LogP contribution in [0.25, 0.3) is 0 Å². The first-order chi connectivity index (χ1) is 12.2. The van der Waals surface area contributed by atoms with E-state index >= 15 is 0 Å². The molecule has 1 fully saturated rings. The number of likely N-dealkylation sites (tertiary alicyclic amines) is 1. The maximum absolute atomic E-state index is 12.9. The number of ether oxygens (including phenoxy) is 1. The maximum Gasteiger partial charge on any atom is 0.140 e. The molecule has 1 N–H and O–H groups in total. The van der Waals surface area contributed by atoms with Crippen molar-refractivity contribution in [1.82, 2.24) is 15.2 Å². The van der Waals surface area contributed by atoms with E-state index in [2.05, 4.69) is 20.6 Å². The molecule has 2 heterocycles. The summed E-state index contributed by atoms with van der Waals surface area (Å²) in [6.45, 7) is 4.79. The third kappa shape index (κ3) is 6.50. The first kappa shape index (κ1) is 21.1. The molecule has 0 saturated carbocycles. The van der Waals surface area contributed by atoms with Crippen molar-refractivity contribution in [2.45, 2.75) is 32.4 Å². The molecule has 0 amide bonds. The molecule has 1 saturated heterocycles. The Kier molecular flexibility index (Phi) is 8.78. The van der Waals surface area contributed by atoms with Crippen LogP contribution in [0.4, 0.5) is 4.39 Å². The summed E-state index contributed by atoms with van der Waals surface area (Å²) in [7, 11) is 2.02. The quantitative estimate of drug-likeness (QED) is 0.725. The highest BCUT2D eigenvalue weighted by Crippen LogP contribution is 2.22.